The number of carbonyl (C=O) groups is 2. The normalized spacial score (nSPS) is 17.5. The minimum atomic E-state index is -0.530. The van der Waals surface area contributed by atoms with E-state index < -0.39 is 5.41 Å². The van der Waals surface area contributed by atoms with Crippen LogP contribution in [0.1, 0.15) is 34.3 Å². The highest BCUT2D eigenvalue weighted by molar-refractivity contribution is 6.02. The molecule has 0 aromatic heterocycles. The van der Waals surface area contributed by atoms with Gasteiger partial charge in [0.2, 0.25) is 12.7 Å². The smallest absolute Gasteiger partial charge is 0.253 e. The maximum Gasteiger partial charge on any atom is 0.253 e. The molecule has 184 valence electrons. The van der Waals surface area contributed by atoms with E-state index >= 15 is 0 Å². The number of ether oxygens (including phenoxy) is 2. The Labute approximate surface area is 210 Å². The minimum absolute atomic E-state index is 0.00636. The second kappa shape index (κ2) is 8.99. The number of benzene rings is 3. The number of nitrogens with one attached hydrogen (secondary N) is 2. The molecular formula is C29H29N3O4. The second-order valence-electron chi connectivity index (χ2n) is 9.75. The maximum absolute atomic E-state index is 13.4. The Balaban J connectivity index is 1.20. The van der Waals surface area contributed by atoms with Crippen molar-refractivity contribution in [1.82, 2.24) is 10.2 Å². The first kappa shape index (κ1) is 22.6. The summed E-state index contributed by atoms with van der Waals surface area (Å²) in [7, 11) is 0. The molecule has 1 saturated carbocycles. The van der Waals surface area contributed by atoms with Gasteiger partial charge in [-0.3, -0.25) is 9.59 Å². The van der Waals surface area contributed by atoms with E-state index in [0.717, 1.165) is 72.7 Å². The van der Waals surface area contributed by atoms with E-state index in [1.54, 1.807) is 0 Å². The van der Waals surface area contributed by atoms with Crippen LogP contribution >= 0.6 is 0 Å². The lowest BCUT2D eigenvalue weighted by atomic mass is 9.94. The van der Waals surface area contributed by atoms with E-state index in [0.29, 0.717) is 11.3 Å². The standard InChI is InChI=1S/C29H29N3O4/c1-19-2-8-23(31-28(34)29(10-11-29)22-7-9-25-26(16-22)36-18-35-25)17-24(19)20-3-5-21(6-4-20)27(33)32-14-12-30-13-15-32/h2-9,16-17,30H,10-15,18H2,1H3,(H,31,34). The Morgan fingerprint density at radius 3 is 2.42 bits per heavy atom. The molecule has 2 heterocycles. The molecule has 2 amide bonds. The zero-order chi connectivity index (χ0) is 24.7. The van der Waals surface area contributed by atoms with Crippen LogP contribution in [0.5, 0.6) is 11.5 Å². The van der Waals surface area contributed by atoms with Crippen LogP contribution in [-0.4, -0.2) is 49.7 Å². The van der Waals surface area contributed by atoms with Gasteiger partial charge in [0.05, 0.1) is 5.41 Å². The molecule has 3 aromatic carbocycles. The number of amides is 2. The van der Waals surface area contributed by atoms with Gasteiger partial charge in [0, 0.05) is 37.4 Å². The lowest BCUT2D eigenvalue weighted by Crippen LogP contribution is -2.46. The van der Waals surface area contributed by atoms with Crippen LogP contribution in [0, 0.1) is 6.92 Å². The third-order valence-electron chi connectivity index (χ3n) is 7.45. The molecule has 1 saturated heterocycles. The summed E-state index contributed by atoms with van der Waals surface area (Å²) in [5.74, 6) is 1.48. The van der Waals surface area contributed by atoms with Crippen molar-refractivity contribution in [2.45, 2.75) is 25.2 Å². The van der Waals surface area contributed by atoms with E-state index in [-0.39, 0.29) is 18.6 Å². The summed E-state index contributed by atoms with van der Waals surface area (Å²) in [5, 5.41) is 6.42. The molecule has 0 spiro atoms. The minimum Gasteiger partial charge on any atom is -0.454 e. The highest BCUT2D eigenvalue weighted by Gasteiger charge is 2.51. The molecule has 3 aliphatic rings. The number of piperazine rings is 1. The molecule has 2 N–H and O–H groups in total. The Morgan fingerprint density at radius 2 is 1.67 bits per heavy atom. The molecule has 2 fully saturated rings. The second-order valence-corrected chi connectivity index (χ2v) is 9.75. The topological polar surface area (TPSA) is 79.9 Å². The summed E-state index contributed by atoms with van der Waals surface area (Å²) in [6.45, 7) is 5.39. The van der Waals surface area contributed by atoms with Crippen molar-refractivity contribution < 1.29 is 19.1 Å². The average Bonchev–Trinajstić information content (AvgIpc) is 3.60. The van der Waals surface area contributed by atoms with Crippen molar-refractivity contribution in [3.8, 4) is 22.6 Å². The molecule has 2 aliphatic heterocycles. The molecule has 0 bridgehead atoms. The van der Waals surface area contributed by atoms with E-state index in [4.69, 9.17) is 9.47 Å². The van der Waals surface area contributed by atoms with E-state index in [2.05, 4.69) is 17.6 Å². The van der Waals surface area contributed by atoms with Crippen LogP contribution in [0.2, 0.25) is 0 Å². The van der Waals surface area contributed by atoms with Gasteiger partial charge in [-0.25, -0.2) is 0 Å². The van der Waals surface area contributed by atoms with E-state index in [9.17, 15) is 9.59 Å². The van der Waals surface area contributed by atoms with Crippen LogP contribution in [-0.2, 0) is 10.2 Å². The molecule has 36 heavy (non-hydrogen) atoms. The van der Waals surface area contributed by atoms with Crippen molar-refractivity contribution in [3.63, 3.8) is 0 Å². The van der Waals surface area contributed by atoms with Crippen LogP contribution in [0.15, 0.2) is 60.7 Å². The van der Waals surface area contributed by atoms with Gasteiger partial charge in [0.1, 0.15) is 0 Å². The van der Waals surface area contributed by atoms with Crippen molar-refractivity contribution in [2.75, 3.05) is 38.3 Å². The number of rotatable bonds is 5. The fourth-order valence-corrected chi connectivity index (χ4v) is 5.07. The van der Waals surface area contributed by atoms with Gasteiger partial charge in [-0.1, -0.05) is 24.3 Å². The number of hydrogen-bond acceptors (Lipinski definition) is 5. The van der Waals surface area contributed by atoms with E-state index in [1.807, 2.05) is 65.6 Å². The number of fused-ring (bicyclic) bond motifs is 1. The van der Waals surface area contributed by atoms with Crippen LogP contribution in [0.25, 0.3) is 11.1 Å². The SMILES string of the molecule is Cc1ccc(NC(=O)C2(c3ccc4c(c3)OCO4)CC2)cc1-c1ccc(C(=O)N2CCNCC2)cc1. The fourth-order valence-electron chi connectivity index (χ4n) is 5.07. The first-order chi connectivity index (χ1) is 17.5. The third kappa shape index (κ3) is 4.09. The monoisotopic (exact) mass is 483 g/mol. The van der Waals surface area contributed by atoms with Gasteiger partial charge >= 0.3 is 0 Å². The molecular weight excluding hydrogens is 454 g/mol. The predicted octanol–water partition coefficient (Wildman–Crippen LogP) is 4.11. The summed E-state index contributed by atoms with van der Waals surface area (Å²) < 4.78 is 10.9. The summed E-state index contributed by atoms with van der Waals surface area (Å²) in [6.07, 6.45) is 1.61. The van der Waals surface area contributed by atoms with Crippen LogP contribution in [0.3, 0.4) is 0 Å². The number of carbonyl (C=O) groups excluding carboxylic acids is 2. The van der Waals surface area contributed by atoms with Gasteiger partial charge < -0.3 is 25.0 Å². The van der Waals surface area contributed by atoms with Gasteiger partial charge in [0.15, 0.2) is 11.5 Å². The van der Waals surface area contributed by atoms with Crippen molar-refractivity contribution in [1.29, 1.82) is 0 Å². The number of aryl methyl sites for hydroxylation is 1. The molecule has 0 radical (unpaired) electrons. The zero-order valence-corrected chi connectivity index (χ0v) is 20.3. The molecule has 7 nitrogen and oxygen atoms in total. The maximum atomic E-state index is 13.4. The van der Waals surface area contributed by atoms with Gasteiger partial charge in [-0.15, -0.1) is 0 Å². The van der Waals surface area contributed by atoms with Crippen LogP contribution < -0.4 is 20.1 Å². The van der Waals surface area contributed by atoms with Crippen molar-refractivity contribution >= 4 is 17.5 Å². The molecule has 6 rings (SSSR count). The lowest BCUT2D eigenvalue weighted by molar-refractivity contribution is -0.118. The van der Waals surface area contributed by atoms with Gasteiger partial charge in [-0.2, -0.15) is 0 Å². The molecule has 7 heteroatoms. The zero-order valence-electron chi connectivity index (χ0n) is 20.3. The molecule has 0 unspecified atom stereocenters. The Bertz CT molecular complexity index is 1320. The Kier molecular flexibility index (Phi) is 5.64. The first-order valence-electron chi connectivity index (χ1n) is 12.5. The number of nitrogens with zero attached hydrogens (tertiary/aromatic N) is 1. The average molecular weight is 484 g/mol. The predicted molar refractivity (Wildman–Crippen MR) is 137 cm³/mol. The summed E-state index contributed by atoms with van der Waals surface area (Å²) >= 11 is 0. The number of hydrogen-bond donors (Lipinski definition) is 2. The van der Waals surface area contributed by atoms with Gasteiger partial charge in [-0.05, 0) is 78.4 Å². The highest BCUT2D eigenvalue weighted by atomic mass is 16.7. The lowest BCUT2D eigenvalue weighted by Gasteiger charge is -2.27. The largest absolute Gasteiger partial charge is 0.454 e. The highest BCUT2D eigenvalue weighted by Crippen LogP contribution is 2.51. The quantitative estimate of drug-likeness (QED) is 0.571. The summed E-state index contributed by atoms with van der Waals surface area (Å²) in [5.41, 5.74) is 5.03. The molecule has 0 atom stereocenters. The number of anilines is 1. The fraction of sp³-hybridized carbons (Fsp3) is 0.310. The third-order valence-corrected chi connectivity index (χ3v) is 7.45. The van der Waals surface area contributed by atoms with Crippen molar-refractivity contribution in [2.24, 2.45) is 0 Å². The first-order valence-corrected chi connectivity index (χ1v) is 12.5. The van der Waals surface area contributed by atoms with Crippen LogP contribution in [0.4, 0.5) is 5.69 Å². The van der Waals surface area contributed by atoms with E-state index in [1.165, 1.54) is 0 Å². The van der Waals surface area contributed by atoms with Gasteiger partial charge in [0.25, 0.3) is 5.91 Å². The van der Waals surface area contributed by atoms with Crippen molar-refractivity contribution in [3.05, 3.63) is 77.4 Å². The summed E-state index contributed by atoms with van der Waals surface area (Å²) in [4.78, 5) is 28.1. The summed E-state index contributed by atoms with van der Waals surface area (Å²) in [6, 6.07) is 19.5. The Hall–Kier alpha value is -3.84. The molecule has 1 aliphatic carbocycles. The molecule has 3 aromatic rings. The Morgan fingerprint density at radius 1 is 0.917 bits per heavy atom.